The number of hydrogen-bond donors (Lipinski definition) is 0. The Kier molecular flexibility index (Phi) is 5.26. The Morgan fingerprint density at radius 1 is 1.00 bits per heavy atom. The van der Waals surface area contributed by atoms with Crippen molar-refractivity contribution >= 4 is 16.7 Å². The maximum Gasteiger partial charge on any atom is 0.226 e. The molecule has 1 unspecified atom stereocenters. The van der Waals surface area contributed by atoms with Crippen LogP contribution in [0.1, 0.15) is 38.2 Å². The first-order chi connectivity index (χ1) is 12.7. The average Bonchev–Trinajstić information content (AvgIpc) is 2.69. The van der Waals surface area contributed by atoms with Crippen molar-refractivity contribution in [3.05, 3.63) is 48.0 Å². The molecule has 4 rings (SSSR count). The summed E-state index contributed by atoms with van der Waals surface area (Å²) in [5, 5.41) is 2.64. The molecule has 2 aliphatic rings. The second-order valence-corrected chi connectivity index (χ2v) is 8.22. The van der Waals surface area contributed by atoms with E-state index in [2.05, 4.69) is 59.2 Å². The van der Waals surface area contributed by atoms with E-state index in [4.69, 9.17) is 0 Å². The Balaban J connectivity index is 1.43. The molecule has 0 saturated carbocycles. The Morgan fingerprint density at radius 3 is 2.62 bits per heavy atom. The maximum atomic E-state index is 13.0. The molecule has 0 aromatic heterocycles. The summed E-state index contributed by atoms with van der Waals surface area (Å²) in [7, 11) is 0. The maximum absolute atomic E-state index is 13.0. The van der Waals surface area contributed by atoms with Gasteiger partial charge in [-0.1, -0.05) is 49.4 Å². The summed E-state index contributed by atoms with van der Waals surface area (Å²) in [6.45, 7) is 7.17. The minimum atomic E-state index is 0.187. The van der Waals surface area contributed by atoms with E-state index in [1.54, 1.807) is 0 Å². The van der Waals surface area contributed by atoms with Crippen LogP contribution in [-0.2, 0) is 11.3 Å². The summed E-state index contributed by atoms with van der Waals surface area (Å²) in [5.74, 6) is 1.36. The minimum absolute atomic E-state index is 0.187. The van der Waals surface area contributed by atoms with Crippen LogP contribution >= 0.6 is 0 Å². The molecule has 26 heavy (non-hydrogen) atoms. The molecule has 2 aliphatic heterocycles. The first kappa shape index (κ1) is 17.5. The average molecular weight is 351 g/mol. The summed E-state index contributed by atoms with van der Waals surface area (Å²) in [4.78, 5) is 17.6. The Bertz CT molecular complexity index is 758. The van der Waals surface area contributed by atoms with Crippen molar-refractivity contribution in [1.82, 2.24) is 9.80 Å². The lowest BCUT2D eigenvalue weighted by Gasteiger charge is -2.37. The molecule has 0 radical (unpaired) electrons. The zero-order chi connectivity index (χ0) is 17.9. The van der Waals surface area contributed by atoms with Gasteiger partial charge >= 0.3 is 0 Å². The summed E-state index contributed by atoms with van der Waals surface area (Å²) in [5.41, 5.74) is 1.38. The first-order valence-electron chi connectivity index (χ1n) is 10.2. The van der Waals surface area contributed by atoms with Crippen LogP contribution in [0.25, 0.3) is 10.8 Å². The van der Waals surface area contributed by atoms with Gasteiger partial charge in [0.25, 0.3) is 0 Å². The molecule has 0 spiro atoms. The van der Waals surface area contributed by atoms with Gasteiger partial charge in [0.05, 0.1) is 5.92 Å². The van der Waals surface area contributed by atoms with E-state index >= 15 is 0 Å². The predicted octanol–water partition coefficient (Wildman–Crippen LogP) is 4.31. The fourth-order valence-corrected chi connectivity index (χ4v) is 4.56. The van der Waals surface area contributed by atoms with Gasteiger partial charge in [-0.05, 0) is 54.5 Å². The quantitative estimate of drug-likeness (QED) is 0.823. The Labute approximate surface area is 157 Å². The minimum Gasteiger partial charge on any atom is -0.342 e. The van der Waals surface area contributed by atoms with Crippen molar-refractivity contribution in [2.24, 2.45) is 11.8 Å². The van der Waals surface area contributed by atoms with E-state index in [1.807, 2.05) is 0 Å². The lowest BCUT2D eigenvalue weighted by Crippen LogP contribution is -2.46. The zero-order valence-corrected chi connectivity index (χ0v) is 15.9. The summed E-state index contributed by atoms with van der Waals surface area (Å²) in [6, 6.07) is 15.2. The second-order valence-electron chi connectivity index (χ2n) is 8.22. The number of fused-ring (bicyclic) bond motifs is 1. The normalized spacial score (nSPS) is 22.7. The molecule has 3 nitrogen and oxygen atoms in total. The van der Waals surface area contributed by atoms with Gasteiger partial charge in [0.15, 0.2) is 0 Å². The molecular formula is C23H30N2O. The van der Waals surface area contributed by atoms with Crippen LogP contribution in [0, 0.1) is 11.8 Å². The lowest BCUT2D eigenvalue weighted by molar-refractivity contribution is -0.138. The fraction of sp³-hybridized carbons (Fsp3) is 0.522. The third-order valence-corrected chi connectivity index (χ3v) is 6.22. The number of carbonyl (C=O) groups is 1. The van der Waals surface area contributed by atoms with Crippen LogP contribution < -0.4 is 0 Å². The van der Waals surface area contributed by atoms with Gasteiger partial charge in [-0.2, -0.15) is 0 Å². The topological polar surface area (TPSA) is 23.6 Å². The molecule has 0 bridgehead atoms. The van der Waals surface area contributed by atoms with Gasteiger partial charge < -0.3 is 4.90 Å². The van der Waals surface area contributed by atoms with Gasteiger partial charge in [0.1, 0.15) is 0 Å². The SMILES string of the molecule is CC1CCN(C(=O)C2CCCN(Cc3cccc4ccccc34)C2)CC1. The zero-order valence-electron chi connectivity index (χ0n) is 15.9. The van der Waals surface area contributed by atoms with E-state index in [0.717, 1.165) is 64.3 Å². The molecule has 3 heteroatoms. The van der Waals surface area contributed by atoms with Gasteiger partial charge in [-0.25, -0.2) is 0 Å². The number of carbonyl (C=O) groups excluding carboxylic acids is 1. The van der Waals surface area contributed by atoms with E-state index in [1.165, 1.54) is 16.3 Å². The molecule has 138 valence electrons. The number of hydrogen-bond acceptors (Lipinski definition) is 2. The number of amides is 1. The van der Waals surface area contributed by atoms with Crippen LogP contribution in [0.15, 0.2) is 42.5 Å². The Morgan fingerprint density at radius 2 is 1.77 bits per heavy atom. The molecule has 2 saturated heterocycles. The fourth-order valence-electron chi connectivity index (χ4n) is 4.56. The number of likely N-dealkylation sites (tertiary alicyclic amines) is 2. The molecule has 2 aromatic carbocycles. The molecule has 2 heterocycles. The highest BCUT2D eigenvalue weighted by molar-refractivity contribution is 5.85. The van der Waals surface area contributed by atoms with E-state index in [9.17, 15) is 4.79 Å². The van der Waals surface area contributed by atoms with Gasteiger partial charge in [-0.15, -0.1) is 0 Å². The number of rotatable bonds is 3. The Hall–Kier alpha value is -1.87. The molecule has 2 fully saturated rings. The van der Waals surface area contributed by atoms with E-state index in [0.29, 0.717) is 5.91 Å². The van der Waals surface area contributed by atoms with Crippen molar-refractivity contribution in [2.75, 3.05) is 26.2 Å². The number of benzene rings is 2. The molecule has 2 aromatic rings. The van der Waals surface area contributed by atoms with Crippen LogP contribution in [-0.4, -0.2) is 41.9 Å². The van der Waals surface area contributed by atoms with E-state index in [-0.39, 0.29) is 5.92 Å². The third kappa shape index (κ3) is 3.78. The second kappa shape index (κ2) is 7.79. The highest BCUT2D eigenvalue weighted by Gasteiger charge is 2.30. The summed E-state index contributed by atoms with van der Waals surface area (Å²) in [6.07, 6.45) is 4.51. The van der Waals surface area contributed by atoms with E-state index < -0.39 is 0 Å². The highest BCUT2D eigenvalue weighted by atomic mass is 16.2. The van der Waals surface area contributed by atoms with Crippen LogP contribution in [0.2, 0.25) is 0 Å². The van der Waals surface area contributed by atoms with Crippen molar-refractivity contribution in [2.45, 2.75) is 39.2 Å². The lowest BCUT2D eigenvalue weighted by atomic mass is 9.93. The van der Waals surface area contributed by atoms with Crippen molar-refractivity contribution in [1.29, 1.82) is 0 Å². The van der Waals surface area contributed by atoms with Crippen LogP contribution in [0.5, 0.6) is 0 Å². The van der Waals surface area contributed by atoms with Crippen molar-refractivity contribution in [3.63, 3.8) is 0 Å². The van der Waals surface area contributed by atoms with Gasteiger partial charge in [0.2, 0.25) is 5.91 Å². The standard InChI is InChI=1S/C23H30N2O/c1-18-11-14-25(15-12-18)23(26)21-9-5-13-24(17-21)16-20-8-4-7-19-6-2-3-10-22(19)20/h2-4,6-8,10,18,21H,5,9,11-17H2,1H3. The number of nitrogens with zero attached hydrogens (tertiary/aromatic N) is 2. The monoisotopic (exact) mass is 350 g/mol. The summed E-state index contributed by atoms with van der Waals surface area (Å²) >= 11 is 0. The highest BCUT2D eigenvalue weighted by Crippen LogP contribution is 2.26. The number of piperidine rings is 2. The van der Waals surface area contributed by atoms with Crippen molar-refractivity contribution in [3.8, 4) is 0 Å². The molecular weight excluding hydrogens is 320 g/mol. The van der Waals surface area contributed by atoms with Crippen molar-refractivity contribution < 1.29 is 4.79 Å². The largest absolute Gasteiger partial charge is 0.342 e. The smallest absolute Gasteiger partial charge is 0.226 e. The first-order valence-corrected chi connectivity index (χ1v) is 10.2. The molecule has 0 N–H and O–H groups in total. The summed E-state index contributed by atoms with van der Waals surface area (Å²) < 4.78 is 0. The predicted molar refractivity (Wildman–Crippen MR) is 107 cm³/mol. The molecule has 1 amide bonds. The molecule has 1 atom stereocenters. The third-order valence-electron chi connectivity index (χ3n) is 6.22. The van der Waals surface area contributed by atoms with Gasteiger partial charge in [0, 0.05) is 26.2 Å². The molecule has 0 aliphatic carbocycles. The van der Waals surface area contributed by atoms with Crippen LogP contribution in [0.4, 0.5) is 0 Å². The van der Waals surface area contributed by atoms with Crippen LogP contribution in [0.3, 0.4) is 0 Å². The van der Waals surface area contributed by atoms with Gasteiger partial charge in [-0.3, -0.25) is 9.69 Å².